The number of nitrogens with zero attached hydrogens (tertiary/aromatic N) is 2. The van der Waals surface area contributed by atoms with E-state index in [0.717, 1.165) is 0 Å². The van der Waals surface area contributed by atoms with Crippen molar-refractivity contribution in [3.63, 3.8) is 0 Å². The summed E-state index contributed by atoms with van der Waals surface area (Å²) in [5, 5.41) is 10.7. The van der Waals surface area contributed by atoms with Gasteiger partial charge in [-0.05, 0) is 25.5 Å². The highest BCUT2D eigenvalue weighted by molar-refractivity contribution is 7.89. The van der Waals surface area contributed by atoms with Crippen LogP contribution < -0.4 is 5.73 Å². The van der Waals surface area contributed by atoms with Gasteiger partial charge in [0.2, 0.25) is 10.0 Å². The number of hydrogen-bond donors (Lipinski definition) is 1. The van der Waals surface area contributed by atoms with Gasteiger partial charge in [0.1, 0.15) is 0 Å². The van der Waals surface area contributed by atoms with Crippen LogP contribution in [0.1, 0.15) is 12.0 Å². The SMILES string of the molecule is Cc1cc(S(=O)(=O)N2CC[C@H](N)C2)ccc1[N+](=O)[O-]. The van der Waals surface area contributed by atoms with E-state index in [4.69, 9.17) is 5.73 Å². The first-order chi connectivity index (χ1) is 8.82. The predicted molar refractivity (Wildman–Crippen MR) is 69.2 cm³/mol. The lowest BCUT2D eigenvalue weighted by Crippen LogP contribution is -2.32. The molecule has 1 atom stereocenters. The molecule has 0 bridgehead atoms. The van der Waals surface area contributed by atoms with E-state index in [2.05, 4.69) is 0 Å². The summed E-state index contributed by atoms with van der Waals surface area (Å²) in [6.07, 6.45) is 0.630. The number of rotatable bonds is 3. The van der Waals surface area contributed by atoms with Crippen LogP contribution in [0.15, 0.2) is 23.1 Å². The third-order valence-electron chi connectivity index (χ3n) is 3.19. The van der Waals surface area contributed by atoms with E-state index in [-0.39, 0.29) is 16.6 Å². The van der Waals surface area contributed by atoms with Crippen molar-refractivity contribution in [1.82, 2.24) is 4.31 Å². The third-order valence-corrected chi connectivity index (χ3v) is 5.05. The number of aryl methyl sites for hydroxylation is 1. The third kappa shape index (κ3) is 2.60. The standard InChI is InChI=1S/C11H15N3O4S/c1-8-6-10(2-3-11(8)14(15)16)19(17,18)13-5-4-9(12)7-13/h2-3,6,9H,4-5,7,12H2,1H3/t9-/m0/s1. The molecule has 1 saturated heterocycles. The monoisotopic (exact) mass is 285 g/mol. The molecule has 7 nitrogen and oxygen atoms in total. The minimum atomic E-state index is -3.61. The second-order valence-corrected chi connectivity index (χ2v) is 6.56. The van der Waals surface area contributed by atoms with Gasteiger partial charge < -0.3 is 5.73 Å². The summed E-state index contributed by atoms with van der Waals surface area (Å²) in [6.45, 7) is 2.20. The Morgan fingerprint density at radius 1 is 1.47 bits per heavy atom. The molecule has 0 saturated carbocycles. The fourth-order valence-electron chi connectivity index (χ4n) is 2.11. The lowest BCUT2D eigenvalue weighted by molar-refractivity contribution is -0.385. The van der Waals surface area contributed by atoms with Crippen LogP contribution in [0.2, 0.25) is 0 Å². The zero-order valence-corrected chi connectivity index (χ0v) is 11.3. The van der Waals surface area contributed by atoms with Crippen molar-refractivity contribution >= 4 is 15.7 Å². The maximum atomic E-state index is 12.3. The van der Waals surface area contributed by atoms with Gasteiger partial charge in [0.25, 0.3) is 5.69 Å². The van der Waals surface area contributed by atoms with Crippen molar-refractivity contribution in [2.45, 2.75) is 24.3 Å². The minimum absolute atomic E-state index is 0.0738. The van der Waals surface area contributed by atoms with Crippen molar-refractivity contribution in [1.29, 1.82) is 0 Å². The Hall–Kier alpha value is -1.51. The van der Waals surface area contributed by atoms with Crippen LogP contribution in [0, 0.1) is 17.0 Å². The van der Waals surface area contributed by atoms with Crippen LogP contribution in [-0.2, 0) is 10.0 Å². The van der Waals surface area contributed by atoms with Gasteiger partial charge in [-0.2, -0.15) is 4.31 Å². The topological polar surface area (TPSA) is 107 Å². The van der Waals surface area contributed by atoms with E-state index in [1.54, 1.807) is 0 Å². The van der Waals surface area contributed by atoms with Gasteiger partial charge in [0, 0.05) is 30.8 Å². The number of hydrogen-bond acceptors (Lipinski definition) is 5. The molecule has 0 amide bonds. The van der Waals surface area contributed by atoms with Crippen molar-refractivity contribution < 1.29 is 13.3 Å². The van der Waals surface area contributed by atoms with E-state index in [9.17, 15) is 18.5 Å². The van der Waals surface area contributed by atoms with Gasteiger partial charge in [-0.15, -0.1) is 0 Å². The Labute approximate surface area is 111 Å². The Balaban J connectivity index is 2.36. The zero-order valence-electron chi connectivity index (χ0n) is 10.4. The smallest absolute Gasteiger partial charge is 0.272 e. The molecule has 8 heteroatoms. The van der Waals surface area contributed by atoms with Gasteiger partial charge in [-0.25, -0.2) is 8.42 Å². The number of benzene rings is 1. The van der Waals surface area contributed by atoms with Gasteiger partial charge in [0.05, 0.1) is 9.82 Å². The Bertz CT molecular complexity index is 614. The summed E-state index contributed by atoms with van der Waals surface area (Å²) in [6, 6.07) is 3.67. The number of sulfonamides is 1. The molecule has 0 radical (unpaired) electrons. The molecule has 1 aliphatic heterocycles. The van der Waals surface area contributed by atoms with Crippen LogP contribution in [0.3, 0.4) is 0 Å². The molecule has 1 heterocycles. The first kappa shape index (κ1) is 13.9. The molecule has 1 aromatic rings. The highest BCUT2D eigenvalue weighted by Crippen LogP contribution is 2.25. The van der Waals surface area contributed by atoms with Crippen LogP contribution in [0.5, 0.6) is 0 Å². The summed E-state index contributed by atoms with van der Waals surface area (Å²) < 4.78 is 25.9. The van der Waals surface area contributed by atoms with Crippen molar-refractivity contribution in [2.75, 3.05) is 13.1 Å². The molecule has 0 aliphatic carbocycles. The van der Waals surface area contributed by atoms with Crippen molar-refractivity contribution in [3.05, 3.63) is 33.9 Å². The van der Waals surface area contributed by atoms with Crippen LogP contribution in [0.25, 0.3) is 0 Å². The van der Waals surface area contributed by atoms with Crippen molar-refractivity contribution in [2.24, 2.45) is 5.73 Å². The van der Waals surface area contributed by atoms with Gasteiger partial charge in [0.15, 0.2) is 0 Å². The summed E-state index contributed by atoms with van der Waals surface area (Å²) in [5.74, 6) is 0. The molecule has 0 unspecified atom stereocenters. The summed E-state index contributed by atoms with van der Waals surface area (Å²) >= 11 is 0. The average Bonchev–Trinajstić information content (AvgIpc) is 2.76. The Morgan fingerprint density at radius 3 is 2.63 bits per heavy atom. The van der Waals surface area contributed by atoms with Crippen LogP contribution in [0.4, 0.5) is 5.69 Å². The fourth-order valence-corrected chi connectivity index (χ4v) is 3.71. The first-order valence-electron chi connectivity index (χ1n) is 5.83. The molecule has 1 aromatic carbocycles. The molecule has 2 N–H and O–H groups in total. The normalized spacial score (nSPS) is 20.6. The molecule has 0 aromatic heterocycles. The molecule has 2 rings (SSSR count). The molecular weight excluding hydrogens is 270 g/mol. The van der Waals surface area contributed by atoms with Crippen LogP contribution >= 0.6 is 0 Å². The summed E-state index contributed by atoms with van der Waals surface area (Å²) in [7, 11) is -3.61. The van der Waals surface area contributed by atoms with Crippen molar-refractivity contribution in [3.8, 4) is 0 Å². The maximum absolute atomic E-state index is 12.3. The Morgan fingerprint density at radius 2 is 2.16 bits per heavy atom. The summed E-state index contributed by atoms with van der Waals surface area (Å²) in [4.78, 5) is 10.3. The molecular formula is C11H15N3O4S. The number of nitrogens with two attached hydrogens (primary N) is 1. The second-order valence-electron chi connectivity index (χ2n) is 4.62. The lowest BCUT2D eigenvalue weighted by Gasteiger charge is -2.16. The van der Waals surface area contributed by atoms with E-state index in [1.165, 1.54) is 29.4 Å². The fraction of sp³-hybridized carbons (Fsp3) is 0.455. The first-order valence-corrected chi connectivity index (χ1v) is 7.27. The largest absolute Gasteiger partial charge is 0.326 e. The molecule has 1 fully saturated rings. The van der Waals surface area contributed by atoms with E-state index >= 15 is 0 Å². The molecule has 19 heavy (non-hydrogen) atoms. The minimum Gasteiger partial charge on any atom is -0.326 e. The second kappa shape index (κ2) is 4.87. The predicted octanol–water partition coefficient (Wildman–Crippen LogP) is 0.625. The lowest BCUT2D eigenvalue weighted by atomic mass is 10.2. The van der Waals surface area contributed by atoms with Gasteiger partial charge in [-0.1, -0.05) is 0 Å². The van der Waals surface area contributed by atoms with E-state index < -0.39 is 14.9 Å². The summed E-state index contributed by atoms with van der Waals surface area (Å²) in [5.41, 5.74) is 5.94. The zero-order chi connectivity index (χ0) is 14.2. The number of nitro benzene ring substituents is 1. The Kier molecular flexibility index (Phi) is 3.57. The molecule has 104 valence electrons. The highest BCUT2D eigenvalue weighted by Gasteiger charge is 2.31. The van der Waals surface area contributed by atoms with Crippen LogP contribution in [-0.4, -0.2) is 36.8 Å². The number of nitro groups is 1. The highest BCUT2D eigenvalue weighted by atomic mass is 32.2. The maximum Gasteiger partial charge on any atom is 0.272 e. The van der Waals surface area contributed by atoms with E-state index in [0.29, 0.717) is 25.1 Å². The van der Waals surface area contributed by atoms with Gasteiger partial charge >= 0.3 is 0 Å². The average molecular weight is 285 g/mol. The molecule has 0 spiro atoms. The quantitative estimate of drug-likeness (QED) is 0.647. The van der Waals surface area contributed by atoms with E-state index in [1.807, 2.05) is 0 Å². The van der Waals surface area contributed by atoms with Gasteiger partial charge in [-0.3, -0.25) is 10.1 Å². The molecule has 1 aliphatic rings.